The monoisotopic (exact) mass is 297 g/mol. The van der Waals surface area contributed by atoms with Crippen LogP contribution in [-0.2, 0) is 0 Å². The Morgan fingerprint density at radius 3 is 2.81 bits per heavy atom. The minimum atomic E-state index is -0.615. The number of anilines is 1. The van der Waals surface area contributed by atoms with E-state index in [9.17, 15) is 19.8 Å². The molecule has 0 aliphatic heterocycles. The fourth-order valence-electron chi connectivity index (χ4n) is 2.78. The predicted octanol–water partition coefficient (Wildman–Crippen LogP) is 0.0529. The summed E-state index contributed by atoms with van der Waals surface area (Å²) in [6.45, 7) is 2.63. The third-order valence-electron chi connectivity index (χ3n) is 4.07. The second kappa shape index (κ2) is 6.91. The summed E-state index contributed by atoms with van der Waals surface area (Å²) >= 11 is 0. The lowest BCUT2D eigenvalue weighted by molar-refractivity contribution is 0.0906. The molecule has 4 N–H and O–H groups in total. The summed E-state index contributed by atoms with van der Waals surface area (Å²) in [7, 11) is 0. The predicted molar refractivity (Wildman–Crippen MR) is 79.6 cm³/mol. The van der Waals surface area contributed by atoms with Crippen LogP contribution in [0.1, 0.15) is 38.6 Å². The standard InChI is InChI=1S/C14H23N3O4/c1-2-3-4-15-11-7-17(14(21)16-13(11)20)10-5-9(8-18)12(19)6-10/h7,9-10,12,15,18-19H,2-6,8H2,1H3,(H,16,20,21). The number of rotatable bonds is 6. The highest BCUT2D eigenvalue weighted by Crippen LogP contribution is 2.33. The Balaban J connectivity index is 2.22. The highest BCUT2D eigenvalue weighted by atomic mass is 16.3. The first kappa shape index (κ1) is 15.8. The molecule has 21 heavy (non-hydrogen) atoms. The zero-order valence-electron chi connectivity index (χ0n) is 12.2. The average molecular weight is 297 g/mol. The van der Waals surface area contributed by atoms with E-state index in [1.165, 1.54) is 10.8 Å². The number of hydrogen-bond acceptors (Lipinski definition) is 5. The van der Waals surface area contributed by atoms with Gasteiger partial charge < -0.3 is 15.5 Å². The van der Waals surface area contributed by atoms with Crippen LogP contribution in [0.3, 0.4) is 0 Å². The Labute approximate surface area is 122 Å². The van der Waals surface area contributed by atoms with Crippen molar-refractivity contribution in [1.29, 1.82) is 0 Å². The smallest absolute Gasteiger partial charge is 0.328 e. The third kappa shape index (κ3) is 3.54. The van der Waals surface area contributed by atoms with E-state index in [0.717, 1.165) is 12.8 Å². The highest BCUT2D eigenvalue weighted by Gasteiger charge is 2.34. The first-order chi connectivity index (χ1) is 10.1. The number of hydrogen-bond donors (Lipinski definition) is 4. The van der Waals surface area contributed by atoms with Gasteiger partial charge in [-0.3, -0.25) is 14.3 Å². The van der Waals surface area contributed by atoms with Crippen molar-refractivity contribution in [2.75, 3.05) is 18.5 Å². The molecule has 0 radical (unpaired) electrons. The number of nitrogens with one attached hydrogen (secondary N) is 2. The quantitative estimate of drug-likeness (QED) is 0.555. The molecule has 0 spiro atoms. The van der Waals surface area contributed by atoms with Gasteiger partial charge in [0.05, 0.1) is 6.10 Å². The van der Waals surface area contributed by atoms with Crippen LogP contribution in [0, 0.1) is 5.92 Å². The molecule has 0 saturated heterocycles. The minimum Gasteiger partial charge on any atom is -0.396 e. The Morgan fingerprint density at radius 1 is 1.43 bits per heavy atom. The molecule has 0 amide bonds. The molecule has 1 aliphatic rings. The largest absolute Gasteiger partial charge is 0.396 e. The fourth-order valence-corrected chi connectivity index (χ4v) is 2.78. The second-order valence-corrected chi connectivity index (χ2v) is 5.62. The van der Waals surface area contributed by atoms with Crippen molar-refractivity contribution in [3.05, 3.63) is 27.0 Å². The van der Waals surface area contributed by atoms with Crippen molar-refractivity contribution in [2.24, 2.45) is 5.92 Å². The topological polar surface area (TPSA) is 107 Å². The Kier molecular flexibility index (Phi) is 5.19. The molecule has 0 bridgehead atoms. The minimum absolute atomic E-state index is 0.0998. The van der Waals surface area contributed by atoms with Gasteiger partial charge >= 0.3 is 5.69 Å². The molecule has 1 aromatic heterocycles. The molecule has 1 fully saturated rings. The maximum absolute atomic E-state index is 11.9. The highest BCUT2D eigenvalue weighted by molar-refractivity contribution is 5.37. The Morgan fingerprint density at radius 2 is 2.19 bits per heavy atom. The molecular weight excluding hydrogens is 274 g/mol. The summed E-state index contributed by atoms with van der Waals surface area (Å²) in [6.07, 6.45) is 3.79. The maximum atomic E-state index is 11.9. The van der Waals surface area contributed by atoms with E-state index in [2.05, 4.69) is 17.2 Å². The average Bonchev–Trinajstić information content (AvgIpc) is 2.82. The molecule has 1 heterocycles. The van der Waals surface area contributed by atoms with E-state index in [1.807, 2.05) is 0 Å². The molecule has 1 aliphatic carbocycles. The van der Waals surface area contributed by atoms with E-state index in [1.54, 1.807) is 0 Å². The molecule has 3 unspecified atom stereocenters. The van der Waals surface area contributed by atoms with Crippen molar-refractivity contribution in [3.63, 3.8) is 0 Å². The van der Waals surface area contributed by atoms with E-state index in [4.69, 9.17) is 0 Å². The number of unbranched alkanes of at least 4 members (excludes halogenated alkanes) is 1. The summed E-state index contributed by atoms with van der Waals surface area (Å²) in [4.78, 5) is 26.0. The lowest BCUT2D eigenvalue weighted by Gasteiger charge is -2.15. The summed E-state index contributed by atoms with van der Waals surface area (Å²) < 4.78 is 1.45. The molecule has 0 aromatic carbocycles. The van der Waals surface area contributed by atoms with Crippen molar-refractivity contribution < 1.29 is 10.2 Å². The van der Waals surface area contributed by atoms with Gasteiger partial charge in [0.1, 0.15) is 5.69 Å². The number of aromatic nitrogens is 2. The zero-order valence-corrected chi connectivity index (χ0v) is 12.2. The van der Waals surface area contributed by atoms with Crippen molar-refractivity contribution in [3.8, 4) is 0 Å². The van der Waals surface area contributed by atoms with Crippen LogP contribution in [-0.4, -0.2) is 39.0 Å². The van der Waals surface area contributed by atoms with Gasteiger partial charge in [0, 0.05) is 31.3 Å². The van der Waals surface area contributed by atoms with E-state index < -0.39 is 17.4 Å². The van der Waals surface area contributed by atoms with Crippen molar-refractivity contribution >= 4 is 5.69 Å². The number of aromatic amines is 1. The van der Waals surface area contributed by atoms with Crippen LogP contribution >= 0.6 is 0 Å². The molecular formula is C14H23N3O4. The van der Waals surface area contributed by atoms with E-state index in [-0.39, 0.29) is 18.6 Å². The van der Waals surface area contributed by atoms with E-state index in [0.29, 0.717) is 25.1 Å². The second-order valence-electron chi connectivity index (χ2n) is 5.62. The van der Waals surface area contributed by atoms with Crippen LogP contribution < -0.4 is 16.6 Å². The molecule has 3 atom stereocenters. The summed E-state index contributed by atoms with van der Waals surface area (Å²) in [5.74, 6) is -0.217. The number of nitrogens with zero attached hydrogens (tertiary/aromatic N) is 1. The SMILES string of the molecule is CCCCNc1cn(C2CC(O)C(CO)C2)c(=O)[nH]c1=O. The normalized spacial score (nSPS) is 25.2. The molecule has 7 heteroatoms. The molecule has 118 valence electrons. The zero-order chi connectivity index (χ0) is 15.4. The van der Waals surface area contributed by atoms with Gasteiger partial charge in [-0.2, -0.15) is 0 Å². The lowest BCUT2D eigenvalue weighted by Crippen LogP contribution is -2.33. The summed E-state index contributed by atoms with van der Waals surface area (Å²) in [6, 6.07) is -0.201. The van der Waals surface area contributed by atoms with Gasteiger partial charge in [0.15, 0.2) is 0 Å². The van der Waals surface area contributed by atoms with Crippen LogP contribution in [0.5, 0.6) is 0 Å². The number of aliphatic hydroxyl groups is 2. The summed E-state index contributed by atoms with van der Waals surface area (Å²) in [5.41, 5.74) is -0.536. The van der Waals surface area contributed by atoms with Gasteiger partial charge in [0.25, 0.3) is 5.56 Å². The fraction of sp³-hybridized carbons (Fsp3) is 0.714. The molecule has 1 saturated carbocycles. The Bertz CT molecular complexity index is 580. The molecule has 1 aromatic rings. The number of aliphatic hydroxyl groups excluding tert-OH is 2. The first-order valence-electron chi connectivity index (χ1n) is 7.45. The summed E-state index contributed by atoms with van der Waals surface area (Å²) in [5, 5.41) is 22.1. The van der Waals surface area contributed by atoms with Crippen LogP contribution in [0.2, 0.25) is 0 Å². The molecule has 2 rings (SSSR count). The Hall–Kier alpha value is -1.60. The van der Waals surface area contributed by atoms with Gasteiger partial charge in [0.2, 0.25) is 0 Å². The van der Waals surface area contributed by atoms with E-state index >= 15 is 0 Å². The number of H-pyrrole nitrogens is 1. The van der Waals surface area contributed by atoms with Crippen LogP contribution in [0.15, 0.2) is 15.8 Å². The lowest BCUT2D eigenvalue weighted by atomic mass is 10.1. The van der Waals surface area contributed by atoms with Crippen LogP contribution in [0.25, 0.3) is 0 Å². The maximum Gasteiger partial charge on any atom is 0.328 e. The van der Waals surface area contributed by atoms with Gasteiger partial charge in [-0.1, -0.05) is 13.3 Å². The van der Waals surface area contributed by atoms with Gasteiger partial charge in [-0.15, -0.1) is 0 Å². The van der Waals surface area contributed by atoms with Crippen molar-refractivity contribution in [2.45, 2.75) is 44.8 Å². The van der Waals surface area contributed by atoms with Gasteiger partial charge in [-0.05, 0) is 19.3 Å². The third-order valence-corrected chi connectivity index (χ3v) is 4.07. The van der Waals surface area contributed by atoms with Crippen molar-refractivity contribution in [1.82, 2.24) is 9.55 Å². The van der Waals surface area contributed by atoms with Gasteiger partial charge in [-0.25, -0.2) is 4.79 Å². The molecule has 7 nitrogen and oxygen atoms in total. The first-order valence-corrected chi connectivity index (χ1v) is 7.45. The van der Waals surface area contributed by atoms with Crippen LogP contribution in [0.4, 0.5) is 5.69 Å².